The van der Waals surface area contributed by atoms with Crippen molar-refractivity contribution in [3.05, 3.63) is 71.4 Å². The van der Waals surface area contributed by atoms with Gasteiger partial charge in [-0.15, -0.1) is 0 Å². The lowest BCUT2D eigenvalue weighted by Gasteiger charge is -2.34. The zero-order chi connectivity index (χ0) is 20.0. The van der Waals surface area contributed by atoms with E-state index in [-0.39, 0.29) is 17.2 Å². The van der Waals surface area contributed by atoms with Crippen LogP contribution < -0.4 is 15.6 Å². The van der Waals surface area contributed by atoms with Gasteiger partial charge >= 0.3 is 12.0 Å². The molecule has 3 N–H and O–H groups in total. The summed E-state index contributed by atoms with van der Waals surface area (Å²) in [6.45, 7) is 4.26. The third kappa shape index (κ3) is 3.31. The first-order valence-electron chi connectivity index (χ1n) is 9.83. The van der Waals surface area contributed by atoms with E-state index < -0.39 is 0 Å². The summed E-state index contributed by atoms with van der Waals surface area (Å²) in [4.78, 5) is 20.9. The molecule has 5 rings (SSSR count). The number of carbonyl (C=O) groups excluding carboxylic acids is 1. The Hall–Kier alpha value is -3.41. The highest BCUT2D eigenvalue weighted by Crippen LogP contribution is 2.39. The summed E-state index contributed by atoms with van der Waals surface area (Å²) < 4.78 is 5.80. The molecular formula is C23H23N4O2+. The molecule has 1 aromatic heterocycles. The monoisotopic (exact) mass is 387 g/mol. The van der Waals surface area contributed by atoms with Gasteiger partial charge in [-0.05, 0) is 23.1 Å². The molecule has 0 unspecified atom stereocenters. The van der Waals surface area contributed by atoms with Crippen molar-refractivity contribution in [3.63, 3.8) is 0 Å². The molecule has 0 spiro atoms. The predicted molar refractivity (Wildman–Crippen MR) is 111 cm³/mol. The number of ketones is 1. The first kappa shape index (κ1) is 17.7. The number of hydrogen-bond donors (Lipinski definition) is 3. The number of oxazole rings is 1. The smallest absolute Gasteiger partial charge is 0.365 e. The van der Waals surface area contributed by atoms with E-state index >= 15 is 0 Å². The Morgan fingerprint density at radius 2 is 1.86 bits per heavy atom. The second kappa shape index (κ2) is 6.58. The minimum atomic E-state index is -0.220. The van der Waals surface area contributed by atoms with Crippen molar-refractivity contribution >= 4 is 28.9 Å². The predicted octanol–water partition coefficient (Wildman–Crippen LogP) is 2.66. The van der Waals surface area contributed by atoms with E-state index in [4.69, 9.17) is 4.42 Å². The van der Waals surface area contributed by atoms with Crippen molar-refractivity contribution in [2.24, 2.45) is 5.41 Å². The lowest BCUT2D eigenvalue weighted by Crippen LogP contribution is -2.82. The summed E-state index contributed by atoms with van der Waals surface area (Å²) in [5, 5.41) is 6.60. The molecule has 0 amide bonds. The molecule has 2 aromatic carbocycles. The van der Waals surface area contributed by atoms with E-state index in [1.807, 2.05) is 54.6 Å². The van der Waals surface area contributed by atoms with E-state index in [1.54, 1.807) is 0 Å². The number of allylic oxidation sites excluding steroid dienone is 1. The number of fused-ring (bicyclic) bond motifs is 1. The fraction of sp³-hybridized carbons (Fsp3) is 0.261. The number of guanidine groups is 1. The number of nitrogens with zero attached hydrogens (tertiary/aromatic N) is 1. The first-order chi connectivity index (χ1) is 14.0. The highest BCUT2D eigenvalue weighted by atomic mass is 16.4. The zero-order valence-corrected chi connectivity index (χ0v) is 16.5. The molecule has 0 bridgehead atoms. The van der Waals surface area contributed by atoms with Crippen molar-refractivity contribution in [2.45, 2.75) is 32.7 Å². The van der Waals surface area contributed by atoms with Gasteiger partial charge in [-0.2, -0.15) is 10.3 Å². The molecule has 0 saturated carbocycles. The topological polar surface area (TPSA) is 81.1 Å². The molecule has 1 aliphatic heterocycles. The van der Waals surface area contributed by atoms with Crippen molar-refractivity contribution in [1.82, 2.24) is 10.3 Å². The second-order valence-electron chi connectivity index (χ2n) is 8.43. The van der Waals surface area contributed by atoms with Gasteiger partial charge in [0.2, 0.25) is 0 Å². The summed E-state index contributed by atoms with van der Waals surface area (Å²) in [5.74, 6) is 0.848. The van der Waals surface area contributed by atoms with Crippen molar-refractivity contribution in [3.8, 4) is 0 Å². The average Bonchev–Trinajstić information content (AvgIpc) is 3.09. The molecule has 1 aliphatic carbocycles. The lowest BCUT2D eigenvalue weighted by atomic mass is 9.73. The summed E-state index contributed by atoms with van der Waals surface area (Å²) in [6.07, 6.45) is 1.35. The fourth-order valence-corrected chi connectivity index (χ4v) is 4.18. The van der Waals surface area contributed by atoms with Crippen LogP contribution in [0.2, 0.25) is 0 Å². The summed E-state index contributed by atoms with van der Waals surface area (Å²) >= 11 is 0. The largest absolute Gasteiger partial charge is 0.412 e. The number of nitrogens with one attached hydrogen (secondary N) is 3. The number of anilines is 1. The average molecular weight is 387 g/mol. The molecule has 146 valence electrons. The third-order valence-electron chi connectivity index (χ3n) is 5.43. The maximum absolute atomic E-state index is 13.0. The van der Waals surface area contributed by atoms with Crippen LogP contribution in [0.25, 0.3) is 11.1 Å². The number of benzene rings is 2. The van der Waals surface area contributed by atoms with Crippen LogP contribution in [0, 0.1) is 5.41 Å². The lowest BCUT2D eigenvalue weighted by molar-refractivity contribution is -0.502. The van der Waals surface area contributed by atoms with E-state index in [2.05, 4.69) is 34.5 Å². The Morgan fingerprint density at radius 3 is 2.66 bits per heavy atom. The molecule has 0 radical (unpaired) electrons. The molecule has 2 aliphatic rings. The highest BCUT2D eigenvalue weighted by molar-refractivity contribution is 6.01. The van der Waals surface area contributed by atoms with Crippen LogP contribution in [-0.4, -0.2) is 16.7 Å². The Kier molecular flexibility index (Phi) is 4.01. The number of hydrogen-bond acceptors (Lipinski definition) is 5. The van der Waals surface area contributed by atoms with E-state index in [9.17, 15) is 4.79 Å². The highest BCUT2D eigenvalue weighted by Gasteiger charge is 2.42. The van der Waals surface area contributed by atoms with Crippen LogP contribution in [-0.2, 0) is 4.79 Å². The normalized spacial score (nSPS) is 20.8. The van der Waals surface area contributed by atoms with Gasteiger partial charge in [0.1, 0.15) is 11.6 Å². The third-order valence-corrected chi connectivity index (χ3v) is 5.43. The van der Waals surface area contributed by atoms with Gasteiger partial charge in [0.05, 0.1) is 11.3 Å². The van der Waals surface area contributed by atoms with Crippen LogP contribution >= 0.6 is 0 Å². The van der Waals surface area contributed by atoms with Gasteiger partial charge in [-0.25, -0.2) is 5.32 Å². The second-order valence-corrected chi connectivity index (χ2v) is 8.43. The minimum Gasteiger partial charge on any atom is -0.412 e. The maximum Gasteiger partial charge on any atom is 0.365 e. The Labute approximate surface area is 168 Å². The quantitative estimate of drug-likeness (QED) is 0.630. The van der Waals surface area contributed by atoms with Gasteiger partial charge in [0, 0.05) is 12.8 Å². The van der Waals surface area contributed by atoms with Crippen LogP contribution in [0.15, 0.2) is 70.3 Å². The van der Waals surface area contributed by atoms with Gasteiger partial charge in [0.15, 0.2) is 11.4 Å². The van der Waals surface area contributed by atoms with Crippen LogP contribution in [0.3, 0.4) is 0 Å². The molecule has 1 atom stereocenters. The number of rotatable bonds is 2. The Balaban J connectivity index is 1.54. The summed E-state index contributed by atoms with van der Waals surface area (Å²) in [5.41, 5.74) is 4.26. The molecule has 2 heterocycles. The van der Waals surface area contributed by atoms with E-state index in [1.165, 1.54) is 0 Å². The van der Waals surface area contributed by atoms with Crippen LogP contribution in [0.5, 0.6) is 0 Å². The van der Waals surface area contributed by atoms with E-state index in [0.29, 0.717) is 18.4 Å². The SMILES string of the molecule is CC1(C)CC(=O)C2=C(C1)NC(Nc1nc3ccccc3o1)=[NH+][C@H]2c1ccccc1. The first-order valence-corrected chi connectivity index (χ1v) is 9.83. The summed E-state index contributed by atoms with van der Waals surface area (Å²) in [7, 11) is 0. The van der Waals surface area contributed by atoms with Crippen molar-refractivity contribution in [2.75, 3.05) is 5.32 Å². The van der Waals surface area contributed by atoms with Gasteiger partial charge < -0.3 is 4.42 Å². The molecule has 6 nitrogen and oxygen atoms in total. The molecule has 6 heteroatoms. The molecule has 0 saturated heterocycles. The number of carbonyl (C=O) groups is 1. The molecule has 3 aromatic rings. The van der Waals surface area contributed by atoms with E-state index in [0.717, 1.165) is 34.4 Å². The van der Waals surface area contributed by atoms with Crippen molar-refractivity contribution in [1.29, 1.82) is 0 Å². The molecule has 0 fully saturated rings. The zero-order valence-electron chi connectivity index (χ0n) is 16.5. The Bertz CT molecular complexity index is 1120. The maximum atomic E-state index is 13.0. The van der Waals surface area contributed by atoms with Gasteiger partial charge in [-0.1, -0.05) is 56.3 Å². The number of Topliss-reactive ketones (excluding diaryl/α,β-unsaturated/α-hetero) is 1. The van der Waals surface area contributed by atoms with Gasteiger partial charge in [0.25, 0.3) is 0 Å². The molecule has 29 heavy (non-hydrogen) atoms. The standard InChI is InChI=1S/C23H22N4O2/c1-23(2)12-16-19(17(28)13-23)20(14-8-4-3-5-9-14)26-21(24-16)27-22-25-15-10-6-7-11-18(15)29-22/h3-11,20H,12-13H2,1-2H3,(H2,24,25,26,27)/p+1/t20-/m0/s1. The number of aromatic nitrogens is 1. The fourth-order valence-electron chi connectivity index (χ4n) is 4.18. The van der Waals surface area contributed by atoms with Crippen molar-refractivity contribution < 1.29 is 14.2 Å². The minimum absolute atomic E-state index is 0.0791. The van der Waals surface area contributed by atoms with Gasteiger partial charge in [-0.3, -0.25) is 9.79 Å². The number of para-hydroxylation sites is 2. The summed E-state index contributed by atoms with van der Waals surface area (Å²) in [6, 6.07) is 17.9. The molecular weight excluding hydrogens is 364 g/mol. The Morgan fingerprint density at radius 1 is 1.10 bits per heavy atom. The van der Waals surface area contributed by atoms with Crippen LogP contribution in [0.1, 0.15) is 38.3 Å². The van der Waals surface area contributed by atoms with Crippen LogP contribution in [0.4, 0.5) is 6.01 Å².